The number of nitrogens with one attached hydrogen (secondary N) is 1. The number of benzene rings is 1. The van der Waals surface area contributed by atoms with Gasteiger partial charge in [-0.1, -0.05) is 13.0 Å². The molecule has 0 amide bonds. The van der Waals surface area contributed by atoms with Crippen LogP contribution in [-0.2, 0) is 18.5 Å². The summed E-state index contributed by atoms with van der Waals surface area (Å²) in [7, 11) is 0. The molecule has 3 aliphatic rings. The average Bonchev–Trinajstić information content (AvgIpc) is 3.54. The maximum atomic E-state index is 15.1. The predicted molar refractivity (Wildman–Crippen MR) is 150 cm³/mol. The normalized spacial score (nSPS) is 22.2. The molecule has 1 aromatic carbocycles. The summed E-state index contributed by atoms with van der Waals surface area (Å²) in [6.07, 6.45) is 7.22. The maximum absolute atomic E-state index is 15.1. The first kappa shape index (κ1) is 25.5. The summed E-state index contributed by atoms with van der Waals surface area (Å²) in [6, 6.07) is 8.26. The van der Waals surface area contributed by atoms with Crippen molar-refractivity contribution < 1.29 is 8.78 Å². The molecule has 0 spiro atoms. The molecule has 3 aliphatic heterocycles. The Morgan fingerprint density at radius 3 is 2.52 bits per heavy atom. The van der Waals surface area contributed by atoms with E-state index in [1.54, 1.807) is 6.07 Å². The zero-order chi connectivity index (χ0) is 27.6. The highest BCUT2D eigenvalue weighted by atomic mass is 19.1. The lowest BCUT2D eigenvalue weighted by Crippen LogP contribution is -2.52. The van der Waals surface area contributed by atoms with Gasteiger partial charge in [-0.3, -0.25) is 4.90 Å². The van der Waals surface area contributed by atoms with E-state index in [0.717, 1.165) is 56.6 Å². The number of rotatable bonds is 6. The molecule has 208 valence electrons. The van der Waals surface area contributed by atoms with Crippen LogP contribution in [0.4, 0.5) is 20.5 Å². The number of nitrogens with zero attached hydrogens (tertiary/aromatic N) is 7. The fraction of sp³-hybridized carbons (Fsp3) is 0.467. The number of pyridine rings is 1. The SMILES string of the molecule is CCN1CC2CCC(C1)N2Cc1ccc(Nc2ncc(F)c(-c3cc(F)c4nc5n(c4c3)C(C)(C)CC5)n2)nc1. The summed E-state index contributed by atoms with van der Waals surface area (Å²) in [6.45, 7) is 10.7. The van der Waals surface area contributed by atoms with Crippen LogP contribution in [0.5, 0.6) is 0 Å². The van der Waals surface area contributed by atoms with Crippen LogP contribution in [0, 0.1) is 11.6 Å². The van der Waals surface area contributed by atoms with Gasteiger partial charge in [0.25, 0.3) is 0 Å². The van der Waals surface area contributed by atoms with E-state index in [2.05, 4.69) is 66.5 Å². The molecule has 4 aromatic rings. The van der Waals surface area contributed by atoms with Crippen molar-refractivity contribution >= 4 is 22.8 Å². The number of imidazole rings is 1. The van der Waals surface area contributed by atoms with Crippen LogP contribution in [0.3, 0.4) is 0 Å². The lowest BCUT2D eigenvalue weighted by molar-refractivity contribution is 0.0641. The third-order valence-electron chi connectivity index (χ3n) is 8.95. The Bertz CT molecular complexity index is 1570. The number of halogens is 2. The molecular weight excluding hydrogens is 510 g/mol. The smallest absolute Gasteiger partial charge is 0.229 e. The van der Waals surface area contributed by atoms with Gasteiger partial charge in [0.15, 0.2) is 11.6 Å². The third-order valence-corrected chi connectivity index (χ3v) is 8.95. The molecule has 8 nitrogen and oxygen atoms in total. The quantitative estimate of drug-likeness (QED) is 0.355. The molecule has 10 heteroatoms. The molecule has 3 aromatic heterocycles. The minimum Gasteiger partial charge on any atom is -0.322 e. The monoisotopic (exact) mass is 544 g/mol. The van der Waals surface area contributed by atoms with Crippen molar-refractivity contribution in [2.45, 2.75) is 70.6 Å². The van der Waals surface area contributed by atoms with E-state index in [4.69, 9.17) is 0 Å². The van der Waals surface area contributed by atoms with Gasteiger partial charge in [-0.2, -0.15) is 0 Å². The average molecular weight is 545 g/mol. The van der Waals surface area contributed by atoms with E-state index in [1.165, 1.54) is 18.9 Å². The number of likely N-dealkylation sites (tertiary alicyclic amines) is 1. The molecule has 2 bridgehead atoms. The van der Waals surface area contributed by atoms with Gasteiger partial charge in [0.2, 0.25) is 5.95 Å². The molecule has 2 atom stereocenters. The maximum Gasteiger partial charge on any atom is 0.229 e. The molecule has 2 fully saturated rings. The molecular formula is C30H34F2N8. The molecule has 6 heterocycles. The first-order valence-electron chi connectivity index (χ1n) is 14.2. The second-order valence-electron chi connectivity index (χ2n) is 12.0. The van der Waals surface area contributed by atoms with E-state index < -0.39 is 11.6 Å². The number of hydrogen-bond acceptors (Lipinski definition) is 7. The number of aryl methyl sites for hydroxylation is 1. The summed E-state index contributed by atoms with van der Waals surface area (Å²) < 4.78 is 32.2. The van der Waals surface area contributed by atoms with E-state index >= 15 is 4.39 Å². The molecule has 0 radical (unpaired) electrons. The first-order valence-corrected chi connectivity index (χ1v) is 14.2. The number of likely N-dealkylation sites (N-methyl/N-ethyl adjacent to an activating group) is 1. The number of hydrogen-bond donors (Lipinski definition) is 1. The topological polar surface area (TPSA) is 75.0 Å². The molecule has 40 heavy (non-hydrogen) atoms. The Kier molecular flexibility index (Phi) is 6.08. The fourth-order valence-electron chi connectivity index (χ4n) is 6.83. The van der Waals surface area contributed by atoms with Crippen LogP contribution in [0.1, 0.15) is 51.4 Å². The summed E-state index contributed by atoms with van der Waals surface area (Å²) in [5.41, 5.74) is 2.31. The van der Waals surface area contributed by atoms with Gasteiger partial charge in [-0.25, -0.2) is 28.7 Å². The molecule has 7 rings (SSSR count). The van der Waals surface area contributed by atoms with E-state index in [9.17, 15) is 4.39 Å². The van der Waals surface area contributed by atoms with E-state index in [-0.39, 0.29) is 17.2 Å². The van der Waals surface area contributed by atoms with Crippen molar-refractivity contribution in [3.63, 3.8) is 0 Å². The van der Waals surface area contributed by atoms with Gasteiger partial charge in [0, 0.05) is 55.4 Å². The van der Waals surface area contributed by atoms with Gasteiger partial charge in [0.1, 0.15) is 22.9 Å². The summed E-state index contributed by atoms with van der Waals surface area (Å²) >= 11 is 0. The van der Waals surface area contributed by atoms with Gasteiger partial charge < -0.3 is 14.8 Å². The predicted octanol–water partition coefficient (Wildman–Crippen LogP) is 5.26. The highest BCUT2D eigenvalue weighted by Gasteiger charge is 2.39. The van der Waals surface area contributed by atoms with Gasteiger partial charge >= 0.3 is 0 Å². The minimum absolute atomic E-state index is 0.0305. The van der Waals surface area contributed by atoms with Crippen molar-refractivity contribution in [2.24, 2.45) is 0 Å². The Balaban J connectivity index is 1.11. The van der Waals surface area contributed by atoms with Crippen molar-refractivity contribution in [2.75, 3.05) is 25.0 Å². The Morgan fingerprint density at radius 1 is 1.00 bits per heavy atom. The molecule has 0 aliphatic carbocycles. The van der Waals surface area contributed by atoms with Gasteiger partial charge in [-0.15, -0.1) is 0 Å². The molecule has 2 unspecified atom stereocenters. The Labute approximate surface area is 232 Å². The van der Waals surface area contributed by atoms with E-state index in [0.29, 0.717) is 34.5 Å². The van der Waals surface area contributed by atoms with Gasteiger partial charge in [-0.05, 0) is 63.4 Å². The first-order chi connectivity index (χ1) is 19.3. The molecule has 1 N–H and O–H groups in total. The summed E-state index contributed by atoms with van der Waals surface area (Å²) in [5, 5.41) is 3.09. The van der Waals surface area contributed by atoms with Crippen LogP contribution in [-0.4, -0.2) is 66.0 Å². The molecule has 2 saturated heterocycles. The van der Waals surface area contributed by atoms with Crippen LogP contribution >= 0.6 is 0 Å². The Morgan fingerprint density at radius 2 is 1.80 bits per heavy atom. The highest BCUT2D eigenvalue weighted by Crippen LogP contribution is 2.38. The van der Waals surface area contributed by atoms with E-state index in [1.807, 2.05) is 12.3 Å². The standard InChI is InChI=1S/C30H34F2N8/c1-4-38-16-20-6-7-21(17-38)39(20)15-18-5-8-25(33-13-18)35-29-34-14-23(32)27(37-29)19-11-22(31)28-24(12-19)40-26(36-28)9-10-30(40,2)3/h5,8,11-14,20-21H,4,6-7,9-10,15-17H2,1-3H3,(H,33,34,35,37). The fourth-order valence-corrected chi connectivity index (χ4v) is 6.83. The van der Waals surface area contributed by atoms with Crippen molar-refractivity contribution in [3.05, 3.63) is 59.7 Å². The summed E-state index contributed by atoms with van der Waals surface area (Å²) in [5.74, 6) is 0.513. The van der Waals surface area contributed by atoms with Gasteiger partial charge in [0.05, 0.1) is 11.7 Å². The zero-order valence-corrected chi connectivity index (χ0v) is 23.2. The lowest BCUT2D eigenvalue weighted by Gasteiger charge is -2.40. The van der Waals surface area contributed by atoms with Crippen molar-refractivity contribution in [1.29, 1.82) is 0 Å². The minimum atomic E-state index is -0.620. The number of fused-ring (bicyclic) bond motifs is 5. The van der Waals surface area contributed by atoms with Crippen molar-refractivity contribution in [3.8, 4) is 11.3 Å². The van der Waals surface area contributed by atoms with Crippen LogP contribution in [0.15, 0.2) is 36.7 Å². The van der Waals surface area contributed by atoms with Crippen LogP contribution < -0.4 is 5.32 Å². The second-order valence-corrected chi connectivity index (χ2v) is 12.0. The Hall–Kier alpha value is -3.50. The number of piperazine rings is 1. The lowest BCUT2D eigenvalue weighted by atomic mass is 10.0. The van der Waals surface area contributed by atoms with Crippen molar-refractivity contribution in [1.82, 2.24) is 34.3 Å². The molecule has 0 saturated carbocycles. The number of anilines is 2. The summed E-state index contributed by atoms with van der Waals surface area (Å²) in [4.78, 5) is 22.8. The third kappa shape index (κ3) is 4.34. The largest absolute Gasteiger partial charge is 0.322 e. The zero-order valence-electron chi connectivity index (χ0n) is 23.2. The van der Waals surface area contributed by atoms with Crippen LogP contribution in [0.2, 0.25) is 0 Å². The second kappa shape index (κ2) is 9.55. The van der Waals surface area contributed by atoms with Crippen LogP contribution in [0.25, 0.3) is 22.3 Å². The highest BCUT2D eigenvalue weighted by molar-refractivity contribution is 5.83. The number of aromatic nitrogens is 5.